The van der Waals surface area contributed by atoms with Gasteiger partial charge < -0.3 is 4.74 Å². The number of carbonyl (C=O) groups excluding carboxylic acids is 1. The van der Waals surface area contributed by atoms with Gasteiger partial charge in [-0.25, -0.2) is 4.79 Å². The summed E-state index contributed by atoms with van der Waals surface area (Å²) in [6.07, 6.45) is 2.41. The number of carbonyl (C=O) groups is 1. The van der Waals surface area contributed by atoms with E-state index < -0.39 is 0 Å². The molecule has 1 atom stereocenters. The zero-order valence-electron chi connectivity index (χ0n) is 7.00. The number of halogens is 1. The highest BCUT2D eigenvalue weighted by Gasteiger charge is 2.19. The summed E-state index contributed by atoms with van der Waals surface area (Å²) < 4.78 is 5.53. The lowest BCUT2D eigenvalue weighted by atomic mass is 10.1. The highest BCUT2D eigenvalue weighted by molar-refractivity contribution is 14.1. The van der Waals surface area contributed by atoms with E-state index in [1.807, 2.05) is 6.92 Å². The first-order valence-electron chi connectivity index (χ1n) is 3.65. The fraction of sp³-hybridized carbons (Fsp3) is 0.500. The van der Waals surface area contributed by atoms with Crippen molar-refractivity contribution in [1.29, 1.82) is 0 Å². The predicted octanol–water partition coefficient (Wildman–Crippen LogP) is 1.71. The van der Waals surface area contributed by atoms with Crippen molar-refractivity contribution < 1.29 is 9.53 Å². The van der Waals surface area contributed by atoms with Crippen LogP contribution >= 0.6 is 22.6 Å². The summed E-state index contributed by atoms with van der Waals surface area (Å²) in [7, 11) is 1.40. The average Bonchev–Trinajstić information content (AvgIpc) is 2.08. The van der Waals surface area contributed by atoms with Crippen LogP contribution in [0.3, 0.4) is 0 Å². The Morgan fingerprint density at radius 2 is 2.50 bits per heavy atom. The van der Waals surface area contributed by atoms with Crippen molar-refractivity contribution in [3.05, 3.63) is 9.15 Å². The summed E-state index contributed by atoms with van der Waals surface area (Å²) in [5.41, 5.74) is 0.737. The number of hydrogen-bond acceptors (Lipinski definition) is 3. The molecule has 0 spiro atoms. The van der Waals surface area contributed by atoms with E-state index in [0.29, 0.717) is 6.42 Å². The first-order valence-corrected chi connectivity index (χ1v) is 4.73. The third-order valence-corrected chi connectivity index (χ3v) is 2.59. The number of methoxy groups -OCH3 is 1. The van der Waals surface area contributed by atoms with Crippen molar-refractivity contribution in [2.45, 2.75) is 19.4 Å². The lowest BCUT2D eigenvalue weighted by Gasteiger charge is -2.14. The van der Waals surface area contributed by atoms with Crippen LogP contribution in [0.5, 0.6) is 0 Å². The summed E-state index contributed by atoms with van der Waals surface area (Å²) in [5.74, 6) is -0.239. The molecule has 0 aliphatic carbocycles. The number of ether oxygens (including phenoxy) is 1. The van der Waals surface area contributed by atoms with Crippen molar-refractivity contribution in [1.82, 2.24) is 0 Å². The van der Waals surface area contributed by atoms with Crippen LogP contribution in [-0.4, -0.2) is 25.3 Å². The highest BCUT2D eigenvalue weighted by atomic mass is 127. The second-order valence-corrected chi connectivity index (χ2v) is 3.81. The Labute approximate surface area is 85.0 Å². The molecular weight excluding hydrogens is 269 g/mol. The van der Waals surface area contributed by atoms with Crippen molar-refractivity contribution in [3.8, 4) is 0 Å². The third kappa shape index (κ3) is 2.06. The van der Waals surface area contributed by atoms with Gasteiger partial charge in [0.1, 0.15) is 0 Å². The van der Waals surface area contributed by atoms with Crippen LogP contribution in [0.15, 0.2) is 14.1 Å². The molecule has 1 unspecified atom stereocenters. The summed E-state index contributed by atoms with van der Waals surface area (Å²) >= 11 is 2.10. The molecule has 0 fully saturated rings. The van der Waals surface area contributed by atoms with E-state index in [2.05, 4.69) is 32.3 Å². The Morgan fingerprint density at radius 3 is 3.08 bits per heavy atom. The fourth-order valence-corrected chi connectivity index (χ4v) is 1.62. The van der Waals surface area contributed by atoms with E-state index in [9.17, 15) is 4.79 Å². The summed E-state index contributed by atoms with van der Waals surface area (Å²) in [5, 5.41) is 0. The molecule has 0 amide bonds. The SMILES string of the molecule is COC(=O)C1=C(I)C=NC(C)C1. The molecule has 4 heteroatoms. The van der Waals surface area contributed by atoms with Gasteiger partial charge in [-0.3, -0.25) is 4.99 Å². The monoisotopic (exact) mass is 279 g/mol. The number of aliphatic imine (C=N–C) groups is 1. The van der Waals surface area contributed by atoms with Crippen molar-refractivity contribution in [3.63, 3.8) is 0 Å². The lowest BCUT2D eigenvalue weighted by Crippen LogP contribution is -2.15. The smallest absolute Gasteiger partial charge is 0.334 e. The number of dihydropyridines is 1. The summed E-state index contributed by atoms with van der Waals surface area (Å²) in [6.45, 7) is 1.97. The maximum Gasteiger partial charge on any atom is 0.334 e. The minimum absolute atomic E-state index is 0.192. The molecule has 12 heavy (non-hydrogen) atoms. The van der Waals surface area contributed by atoms with Gasteiger partial charge in [-0.2, -0.15) is 0 Å². The minimum Gasteiger partial charge on any atom is -0.466 e. The van der Waals surface area contributed by atoms with Gasteiger partial charge in [-0.15, -0.1) is 0 Å². The van der Waals surface area contributed by atoms with E-state index in [-0.39, 0.29) is 12.0 Å². The van der Waals surface area contributed by atoms with Gasteiger partial charge in [-0.05, 0) is 29.5 Å². The molecule has 66 valence electrons. The Balaban J connectivity index is 2.86. The Bertz CT molecular complexity index is 258. The van der Waals surface area contributed by atoms with Gasteiger partial charge in [0.05, 0.1) is 18.7 Å². The van der Waals surface area contributed by atoms with Crippen LogP contribution < -0.4 is 0 Å². The zero-order valence-corrected chi connectivity index (χ0v) is 9.16. The van der Waals surface area contributed by atoms with Crippen LogP contribution in [0.4, 0.5) is 0 Å². The first-order chi connectivity index (χ1) is 5.65. The Kier molecular flexibility index (Phi) is 3.25. The average molecular weight is 279 g/mol. The van der Waals surface area contributed by atoms with Crippen molar-refractivity contribution in [2.24, 2.45) is 4.99 Å². The molecule has 0 aromatic rings. The molecular formula is C8H10INO2. The second kappa shape index (κ2) is 4.02. The first kappa shape index (κ1) is 9.70. The topological polar surface area (TPSA) is 38.7 Å². The van der Waals surface area contributed by atoms with Gasteiger partial charge in [0.25, 0.3) is 0 Å². The fourth-order valence-electron chi connectivity index (χ4n) is 1.02. The number of nitrogens with zero attached hydrogens (tertiary/aromatic N) is 1. The van der Waals surface area contributed by atoms with E-state index in [0.717, 1.165) is 9.15 Å². The third-order valence-electron chi connectivity index (χ3n) is 1.66. The van der Waals surface area contributed by atoms with Crippen LogP contribution in [-0.2, 0) is 9.53 Å². The van der Waals surface area contributed by atoms with Gasteiger partial charge in [-0.1, -0.05) is 0 Å². The molecule has 0 N–H and O–H groups in total. The largest absolute Gasteiger partial charge is 0.466 e. The number of rotatable bonds is 1. The molecule has 0 saturated heterocycles. The molecule has 3 nitrogen and oxygen atoms in total. The van der Waals surface area contributed by atoms with E-state index in [1.54, 1.807) is 6.21 Å². The molecule has 0 aromatic carbocycles. The molecule has 1 aliphatic rings. The van der Waals surface area contributed by atoms with Crippen LogP contribution in [0.2, 0.25) is 0 Å². The van der Waals surface area contributed by atoms with Crippen LogP contribution in [0.1, 0.15) is 13.3 Å². The second-order valence-electron chi connectivity index (χ2n) is 2.65. The van der Waals surface area contributed by atoms with Crippen LogP contribution in [0, 0.1) is 0 Å². The van der Waals surface area contributed by atoms with E-state index in [1.165, 1.54) is 7.11 Å². The minimum atomic E-state index is -0.239. The van der Waals surface area contributed by atoms with Gasteiger partial charge in [0.15, 0.2) is 0 Å². The predicted molar refractivity (Wildman–Crippen MR) is 55.6 cm³/mol. The quantitative estimate of drug-likeness (QED) is 0.541. The Hall–Kier alpha value is -0.390. The maximum absolute atomic E-state index is 11.2. The summed E-state index contributed by atoms with van der Waals surface area (Å²) in [4.78, 5) is 15.4. The molecule has 1 aliphatic heterocycles. The zero-order chi connectivity index (χ0) is 9.14. The summed E-state index contributed by atoms with van der Waals surface area (Å²) in [6, 6.07) is 0.192. The Morgan fingerprint density at radius 1 is 1.83 bits per heavy atom. The molecule has 0 saturated carbocycles. The number of esters is 1. The normalized spacial score (nSPS) is 22.8. The van der Waals surface area contributed by atoms with Gasteiger partial charge in [0, 0.05) is 16.2 Å². The number of hydrogen-bond donors (Lipinski definition) is 0. The van der Waals surface area contributed by atoms with Gasteiger partial charge >= 0.3 is 5.97 Å². The van der Waals surface area contributed by atoms with Crippen LogP contribution in [0.25, 0.3) is 0 Å². The molecule has 0 aromatic heterocycles. The molecule has 1 heterocycles. The van der Waals surface area contributed by atoms with Crippen molar-refractivity contribution >= 4 is 34.8 Å². The lowest BCUT2D eigenvalue weighted by molar-refractivity contribution is -0.136. The van der Waals surface area contributed by atoms with Gasteiger partial charge in [0.2, 0.25) is 0 Å². The standard InChI is InChI=1S/C8H10INO2/c1-5-3-6(8(11)12-2)7(9)4-10-5/h4-5H,3H2,1-2H3. The molecule has 0 bridgehead atoms. The van der Waals surface area contributed by atoms with E-state index >= 15 is 0 Å². The molecule has 0 radical (unpaired) electrons. The number of allylic oxidation sites excluding steroid dienone is 1. The van der Waals surface area contributed by atoms with Crippen molar-refractivity contribution in [2.75, 3.05) is 7.11 Å². The maximum atomic E-state index is 11.2. The van der Waals surface area contributed by atoms with E-state index in [4.69, 9.17) is 0 Å². The molecule has 1 rings (SSSR count). The highest BCUT2D eigenvalue weighted by Crippen LogP contribution is 2.22.